The van der Waals surface area contributed by atoms with Crippen molar-refractivity contribution >= 4 is 33.3 Å². The fraction of sp³-hybridized carbons (Fsp3) is 0.0714. The van der Waals surface area contributed by atoms with Gasteiger partial charge in [0.2, 0.25) is 10.0 Å². The number of para-hydroxylation sites is 1. The van der Waals surface area contributed by atoms with Crippen molar-refractivity contribution in [1.29, 1.82) is 0 Å². The maximum atomic E-state index is 12.0. The average Bonchev–Trinajstić information content (AvgIpc) is 2.52. The van der Waals surface area contributed by atoms with Crippen molar-refractivity contribution in [3.05, 3.63) is 68.7 Å². The summed E-state index contributed by atoms with van der Waals surface area (Å²) in [5.41, 5.74) is -0.0786. The molecule has 0 fully saturated rings. The SMILES string of the molecule is NS(=O)(=O)c1cc(C(=O)OCc2ccccc2[N+](=O)[O-])ccc1Cl. The maximum Gasteiger partial charge on any atom is 0.338 e. The van der Waals surface area contributed by atoms with E-state index in [4.69, 9.17) is 21.5 Å². The predicted molar refractivity (Wildman–Crippen MR) is 85.0 cm³/mol. The number of nitro groups is 1. The Kier molecular flexibility index (Phi) is 5.17. The van der Waals surface area contributed by atoms with Gasteiger partial charge in [-0.25, -0.2) is 18.4 Å². The largest absolute Gasteiger partial charge is 0.457 e. The Morgan fingerprint density at radius 2 is 1.92 bits per heavy atom. The maximum absolute atomic E-state index is 12.0. The lowest BCUT2D eigenvalue weighted by Gasteiger charge is -2.07. The van der Waals surface area contributed by atoms with E-state index in [1.807, 2.05) is 0 Å². The second kappa shape index (κ2) is 6.95. The van der Waals surface area contributed by atoms with Crippen molar-refractivity contribution in [2.24, 2.45) is 5.14 Å². The van der Waals surface area contributed by atoms with Crippen LogP contribution in [0, 0.1) is 10.1 Å². The van der Waals surface area contributed by atoms with Crippen LogP contribution in [0.1, 0.15) is 15.9 Å². The first-order valence-corrected chi connectivity index (χ1v) is 8.34. The first-order chi connectivity index (χ1) is 11.2. The minimum atomic E-state index is -4.10. The Hall–Kier alpha value is -2.49. The molecular formula is C14H11ClN2O6S. The molecule has 24 heavy (non-hydrogen) atoms. The topological polar surface area (TPSA) is 130 Å². The zero-order chi connectivity index (χ0) is 17.9. The summed E-state index contributed by atoms with van der Waals surface area (Å²) in [7, 11) is -4.10. The second-order valence-corrected chi connectivity index (χ2v) is 6.59. The molecule has 0 aliphatic carbocycles. The fourth-order valence-electron chi connectivity index (χ4n) is 1.89. The number of hydrogen-bond donors (Lipinski definition) is 1. The number of nitrogens with two attached hydrogens (primary N) is 1. The van der Waals surface area contributed by atoms with E-state index < -0.39 is 25.8 Å². The van der Waals surface area contributed by atoms with Crippen LogP contribution >= 0.6 is 11.6 Å². The van der Waals surface area contributed by atoms with Gasteiger partial charge >= 0.3 is 5.97 Å². The van der Waals surface area contributed by atoms with Crippen molar-refractivity contribution in [2.75, 3.05) is 0 Å². The summed E-state index contributed by atoms with van der Waals surface area (Å²) in [5.74, 6) is -0.866. The van der Waals surface area contributed by atoms with Gasteiger partial charge in [0.25, 0.3) is 5.69 Å². The van der Waals surface area contributed by atoms with E-state index in [2.05, 4.69) is 0 Å². The van der Waals surface area contributed by atoms with Crippen LogP contribution in [-0.2, 0) is 21.4 Å². The van der Waals surface area contributed by atoms with Gasteiger partial charge in [-0.15, -0.1) is 0 Å². The number of hydrogen-bond acceptors (Lipinski definition) is 6. The highest BCUT2D eigenvalue weighted by molar-refractivity contribution is 7.89. The monoisotopic (exact) mass is 370 g/mol. The quantitative estimate of drug-likeness (QED) is 0.488. The Morgan fingerprint density at radius 1 is 1.25 bits per heavy atom. The number of esters is 1. The van der Waals surface area contributed by atoms with Gasteiger partial charge in [0.05, 0.1) is 21.1 Å². The third-order valence-corrected chi connectivity index (χ3v) is 4.41. The van der Waals surface area contributed by atoms with Crippen LogP contribution in [0.5, 0.6) is 0 Å². The lowest BCUT2D eigenvalue weighted by molar-refractivity contribution is -0.385. The van der Waals surface area contributed by atoms with E-state index in [0.29, 0.717) is 0 Å². The average molecular weight is 371 g/mol. The van der Waals surface area contributed by atoms with Gasteiger partial charge in [-0.1, -0.05) is 23.7 Å². The van der Waals surface area contributed by atoms with Gasteiger partial charge in [-0.2, -0.15) is 0 Å². The van der Waals surface area contributed by atoms with Gasteiger partial charge in [0.1, 0.15) is 11.5 Å². The summed E-state index contributed by atoms with van der Waals surface area (Å²) in [6.45, 7) is -0.344. The second-order valence-electron chi connectivity index (χ2n) is 4.65. The zero-order valence-corrected chi connectivity index (χ0v) is 13.6. The molecule has 10 heteroatoms. The smallest absolute Gasteiger partial charge is 0.338 e. The number of sulfonamides is 1. The van der Waals surface area contributed by atoms with Crippen molar-refractivity contribution in [2.45, 2.75) is 11.5 Å². The number of halogens is 1. The minimum absolute atomic E-state index is 0.0954. The Morgan fingerprint density at radius 3 is 2.54 bits per heavy atom. The molecule has 0 unspecified atom stereocenters. The molecule has 126 valence electrons. The van der Waals surface area contributed by atoms with Crippen molar-refractivity contribution in [1.82, 2.24) is 0 Å². The van der Waals surface area contributed by atoms with Crippen molar-refractivity contribution < 1.29 is 22.9 Å². The first-order valence-electron chi connectivity index (χ1n) is 6.42. The lowest BCUT2D eigenvalue weighted by atomic mass is 10.2. The molecule has 0 saturated heterocycles. The summed E-state index contributed by atoms with van der Waals surface area (Å²) in [4.78, 5) is 21.9. The molecular weight excluding hydrogens is 360 g/mol. The van der Waals surface area contributed by atoms with E-state index in [1.54, 1.807) is 6.07 Å². The number of carbonyl (C=O) groups excluding carboxylic acids is 1. The molecule has 2 N–H and O–H groups in total. The summed E-state index contributed by atoms with van der Waals surface area (Å²) < 4.78 is 27.8. The molecule has 2 rings (SSSR count). The first kappa shape index (κ1) is 17.9. The molecule has 0 saturated carbocycles. The summed E-state index contributed by atoms with van der Waals surface area (Å²) in [6.07, 6.45) is 0. The molecule has 0 amide bonds. The van der Waals surface area contributed by atoms with Crippen LogP contribution < -0.4 is 5.14 Å². The van der Waals surface area contributed by atoms with E-state index in [-0.39, 0.29) is 28.4 Å². The number of benzene rings is 2. The third-order valence-electron chi connectivity index (χ3n) is 3.02. The fourth-order valence-corrected chi connectivity index (χ4v) is 2.96. The van der Waals surface area contributed by atoms with Crippen molar-refractivity contribution in [3.63, 3.8) is 0 Å². The number of nitro benzene ring substituents is 1. The Labute approximate surface area is 142 Å². The normalized spacial score (nSPS) is 11.1. The number of ether oxygens (including phenoxy) is 1. The summed E-state index contributed by atoms with van der Waals surface area (Å²) in [6, 6.07) is 9.23. The van der Waals surface area contributed by atoms with Crippen LogP contribution in [-0.4, -0.2) is 19.3 Å². The Balaban J connectivity index is 2.22. The molecule has 0 spiro atoms. The van der Waals surface area contributed by atoms with Gasteiger partial charge in [-0.05, 0) is 24.3 Å². The van der Waals surface area contributed by atoms with Gasteiger partial charge < -0.3 is 4.74 Å². The number of primary sulfonamides is 1. The van der Waals surface area contributed by atoms with Crippen LogP contribution in [0.15, 0.2) is 47.4 Å². The molecule has 0 aliphatic rings. The Bertz CT molecular complexity index is 913. The molecule has 0 radical (unpaired) electrons. The summed E-state index contributed by atoms with van der Waals surface area (Å²) in [5, 5.41) is 15.8. The van der Waals surface area contributed by atoms with E-state index in [1.165, 1.54) is 30.3 Å². The van der Waals surface area contributed by atoms with E-state index in [9.17, 15) is 23.3 Å². The highest BCUT2D eigenvalue weighted by Gasteiger charge is 2.18. The lowest BCUT2D eigenvalue weighted by Crippen LogP contribution is -2.14. The third kappa shape index (κ3) is 4.07. The minimum Gasteiger partial charge on any atom is -0.457 e. The molecule has 0 atom stereocenters. The number of nitrogens with zero attached hydrogens (tertiary/aromatic N) is 1. The van der Waals surface area contributed by atoms with E-state index in [0.717, 1.165) is 6.07 Å². The van der Waals surface area contributed by atoms with Crippen LogP contribution in [0.4, 0.5) is 5.69 Å². The standard InChI is InChI=1S/C14H11ClN2O6S/c15-11-6-5-9(7-13(11)24(16,21)22)14(18)23-8-10-3-1-2-4-12(10)17(19)20/h1-7H,8H2,(H2,16,21,22). The zero-order valence-electron chi connectivity index (χ0n) is 12.0. The van der Waals surface area contributed by atoms with E-state index >= 15 is 0 Å². The van der Waals surface area contributed by atoms with Gasteiger partial charge in [0, 0.05) is 6.07 Å². The van der Waals surface area contributed by atoms with Gasteiger partial charge in [0.15, 0.2) is 0 Å². The summed E-state index contributed by atoms with van der Waals surface area (Å²) >= 11 is 5.73. The molecule has 2 aromatic rings. The molecule has 0 aromatic heterocycles. The van der Waals surface area contributed by atoms with Crippen LogP contribution in [0.2, 0.25) is 5.02 Å². The molecule has 2 aromatic carbocycles. The van der Waals surface area contributed by atoms with Crippen molar-refractivity contribution in [3.8, 4) is 0 Å². The van der Waals surface area contributed by atoms with Gasteiger partial charge in [-0.3, -0.25) is 10.1 Å². The van der Waals surface area contributed by atoms with Crippen LogP contribution in [0.3, 0.4) is 0 Å². The van der Waals surface area contributed by atoms with Crippen LogP contribution in [0.25, 0.3) is 0 Å². The number of rotatable bonds is 5. The molecule has 0 bridgehead atoms. The molecule has 0 aliphatic heterocycles. The molecule has 8 nitrogen and oxygen atoms in total. The number of carbonyl (C=O) groups is 1. The highest BCUT2D eigenvalue weighted by Crippen LogP contribution is 2.23. The highest BCUT2D eigenvalue weighted by atomic mass is 35.5. The predicted octanol–water partition coefficient (Wildman–Crippen LogP) is 2.25. The molecule has 0 heterocycles.